The van der Waals surface area contributed by atoms with Gasteiger partial charge in [-0.15, -0.1) is 0 Å². The molecule has 2 fully saturated rings. The summed E-state index contributed by atoms with van der Waals surface area (Å²) in [6, 6.07) is 0. The van der Waals surface area contributed by atoms with Gasteiger partial charge in [-0.05, 0) is 6.42 Å². The van der Waals surface area contributed by atoms with Crippen LogP contribution in [0.1, 0.15) is 6.42 Å². The lowest BCUT2D eigenvalue weighted by Gasteiger charge is -2.10. The van der Waals surface area contributed by atoms with Crippen LogP contribution in [0.4, 0.5) is 0 Å². The van der Waals surface area contributed by atoms with E-state index in [2.05, 4.69) is 10.8 Å². The molecule has 0 saturated carbocycles. The molecule has 0 aliphatic carbocycles. The largest absolute Gasteiger partial charge is 0.379 e. The van der Waals surface area contributed by atoms with Crippen molar-refractivity contribution in [1.82, 2.24) is 10.8 Å². The number of nitrogens with one attached hydrogen (secondary N) is 2. The maximum Gasteiger partial charge on any atom is 0.0695 e. The molecule has 0 bridgehead atoms. The smallest absolute Gasteiger partial charge is 0.0695 e. The van der Waals surface area contributed by atoms with E-state index in [4.69, 9.17) is 9.57 Å². The molecule has 0 spiro atoms. The third-order valence-electron chi connectivity index (χ3n) is 1.47. The van der Waals surface area contributed by atoms with E-state index >= 15 is 0 Å². The minimum atomic E-state index is 0.889. The van der Waals surface area contributed by atoms with E-state index < -0.39 is 0 Å². The van der Waals surface area contributed by atoms with Crippen molar-refractivity contribution < 1.29 is 9.57 Å². The van der Waals surface area contributed by atoms with Gasteiger partial charge >= 0.3 is 0 Å². The van der Waals surface area contributed by atoms with Crippen LogP contribution in [0.15, 0.2) is 0 Å². The Morgan fingerprint density at radius 2 is 1.73 bits per heavy atom. The van der Waals surface area contributed by atoms with E-state index in [-0.39, 0.29) is 0 Å². The summed E-state index contributed by atoms with van der Waals surface area (Å²) in [7, 11) is 0. The van der Waals surface area contributed by atoms with Crippen molar-refractivity contribution in [1.29, 1.82) is 0 Å². The van der Waals surface area contributed by atoms with Crippen molar-refractivity contribution in [3.8, 4) is 0 Å². The normalized spacial score (nSPS) is 24.0. The van der Waals surface area contributed by atoms with Gasteiger partial charge in [0.2, 0.25) is 0 Å². The maximum absolute atomic E-state index is 5.01. The lowest BCUT2D eigenvalue weighted by atomic mass is 10.5. The van der Waals surface area contributed by atoms with Gasteiger partial charge in [-0.2, -0.15) is 0 Å². The second-order valence-corrected chi connectivity index (χ2v) is 2.46. The summed E-state index contributed by atoms with van der Waals surface area (Å²) in [5.74, 6) is 0. The van der Waals surface area contributed by atoms with Gasteiger partial charge in [0.05, 0.1) is 19.8 Å². The molecular weight excluding hydrogens is 144 g/mol. The zero-order valence-corrected chi connectivity index (χ0v) is 6.77. The summed E-state index contributed by atoms with van der Waals surface area (Å²) in [4.78, 5) is 4.69. The molecule has 0 atom stereocenters. The molecule has 66 valence electrons. The first kappa shape index (κ1) is 8.93. The third-order valence-corrected chi connectivity index (χ3v) is 1.47. The molecule has 4 nitrogen and oxygen atoms in total. The van der Waals surface area contributed by atoms with Gasteiger partial charge < -0.3 is 14.9 Å². The Morgan fingerprint density at radius 1 is 0.909 bits per heavy atom. The molecule has 11 heavy (non-hydrogen) atoms. The molecule has 2 rings (SSSR count). The van der Waals surface area contributed by atoms with Crippen molar-refractivity contribution >= 4 is 0 Å². The minimum Gasteiger partial charge on any atom is -0.379 e. The molecule has 0 aromatic heterocycles. The van der Waals surface area contributed by atoms with Gasteiger partial charge in [-0.25, -0.2) is 5.48 Å². The summed E-state index contributed by atoms with van der Waals surface area (Å²) < 4.78 is 5.01. The maximum atomic E-state index is 5.01. The zero-order chi connectivity index (χ0) is 7.78. The fraction of sp³-hybridized carbons (Fsp3) is 1.00. The molecule has 2 saturated heterocycles. The van der Waals surface area contributed by atoms with Crippen molar-refractivity contribution in [3.05, 3.63) is 0 Å². The van der Waals surface area contributed by atoms with Crippen molar-refractivity contribution in [2.75, 3.05) is 39.5 Å². The molecular formula is C7H16N2O2. The Balaban J connectivity index is 0.000000112. The van der Waals surface area contributed by atoms with Crippen LogP contribution >= 0.6 is 0 Å². The predicted octanol–water partition coefficient (Wildman–Crippen LogP) is -0.482. The highest BCUT2D eigenvalue weighted by atomic mass is 16.6. The Kier molecular flexibility index (Phi) is 5.31. The number of hydrogen-bond acceptors (Lipinski definition) is 4. The Bertz CT molecular complexity index is 63.4. The summed E-state index contributed by atoms with van der Waals surface area (Å²) in [5, 5.41) is 3.16. The van der Waals surface area contributed by atoms with Gasteiger partial charge in [0.1, 0.15) is 0 Å². The number of hydroxylamine groups is 1. The first-order chi connectivity index (χ1) is 5.50. The van der Waals surface area contributed by atoms with Gasteiger partial charge in [-0.1, -0.05) is 0 Å². The van der Waals surface area contributed by atoms with Crippen LogP contribution in [-0.4, -0.2) is 39.5 Å². The second-order valence-electron chi connectivity index (χ2n) is 2.46. The molecule has 2 heterocycles. The second kappa shape index (κ2) is 6.54. The zero-order valence-electron chi connectivity index (χ0n) is 6.77. The van der Waals surface area contributed by atoms with Crippen molar-refractivity contribution in [2.24, 2.45) is 0 Å². The topological polar surface area (TPSA) is 42.5 Å². The third kappa shape index (κ3) is 5.15. The highest BCUT2D eigenvalue weighted by Crippen LogP contribution is 1.83. The summed E-state index contributed by atoms with van der Waals surface area (Å²) in [6.07, 6.45) is 1.17. The average molecular weight is 160 g/mol. The Hall–Kier alpha value is -0.160. The number of rotatable bonds is 0. The van der Waals surface area contributed by atoms with Gasteiger partial charge in [0, 0.05) is 19.6 Å². The van der Waals surface area contributed by atoms with E-state index in [0.29, 0.717) is 0 Å². The molecule has 0 aromatic rings. The summed E-state index contributed by atoms with van der Waals surface area (Å²) >= 11 is 0. The monoisotopic (exact) mass is 160 g/mol. The van der Waals surface area contributed by atoms with Crippen LogP contribution in [0.2, 0.25) is 0 Å². The minimum absolute atomic E-state index is 0.889. The molecule has 2 aliphatic rings. The first-order valence-electron chi connectivity index (χ1n) is 4.13. The standard InChI is InChI=1S/C4H9NO.C3H7NO/c1-3-6-4-2-5-1;1-2-4-5-3-1/h5H,1-4H2;4H,1-3H2. The lowest BCUT2D eigenvalue weighted by Crippen LogP contribution is -2.30. The summed E-state index contributed by atoms with van der Waals surface area (Å²) in [6.45, 7) is 5.75. The van der Waals surface area contributed by atoms with Crippen LogP contribution in [0.25, 0.3) is 0 Å². The molecule has 0 unspecified atom stereocenters. The number of ether oxygens (including phenoxy) is 1. The van der Waals surface area contributed by atoms with E-state index in [1.165, 1.54) is 6.42 Å². The average Bonchev–Trinajstić information content (AvgIpc) is 2.64. The SMILES string of the molecule is C1CNOC1.C1COCCN1. The number of hydrogen-bond donors (Lipinski definition) is 2. The fourth-order valence-electron chi connectivity index (χ4n) is 0.877. The van der Waals surface area contributed by atoms with Crippen LogP contribution in [0.5, 0.6) is 0 Å². The fourth-order valence-corrected chi connectivity index (χ4v) is 0.877. The van der Waals surface area contributed by atoms with E-state index in [1.54, 1.807) is 0 Å². The molecule has 0 aromatic carbocycles. The molecule has 0 radical (unpaired) electrons. The molecule has 4 heteroatoms. The highest BCUT2D eigenvalue weighted by Gasteiger charge is 1.93. The van der Waals surface area contributed by atoms with Crippen LogP contribution < -0.4 is 10.8 Å². The van der Waals surface area contributed by atoms with E-state index in [0.717, 1.165) is 39.5 Å². The Morgan fingerprint density at radius 3 is 1.91 bits per heavy atom. The lowest BCUT2D eigenvalue weighted by molar-refractivity contribution is 0.103. The number of morpholine rings is 1. The molecule has 2 N–H and O–H groups in total. The van der Waals surface area contributed by atoms with E-state index in [1.807, 2.05) is 0 Å². The van der Waals surface area contributed by atoms with Crippen LogP contribution in [0, 0.1) is 0 Å². The van der Waals surface area contributed by atoms with Gasteiger partial charge in [-0.3, -0.25) is 0 Å². The van der Waals surface area contributed by atoms with Crippen molar-refractivity contribution in [3.63, 3.8) is 0 Å². The van der Waals surface area contributed by atoms with Crippen LogP contribution in [0.3, 0.4) is 0 Å². The predicted molar refractivity (Wildman–Crippen MR) is 42.3 cm³/mol. The Labute approximate surface area is 67.2 Å². The first-order valence-corrected chi connectivity index (χ1v) is 4.13. The van der Waals surface area contributed by atoms with Crippen LogP contribution in [-0.2, 0) is 9.57 Å². The van der Waals surface area contributed by atoms with Crippen molar-refractivity contribution in [2.45, 2.75) is 6.42 Å². The molecule has 2 aliphatic heterocycles. The summed E-state index contributed by atoms with van der Waals surface area (Å²) in [5.41, 5.74) is 2.72. The molecule has 0 amide bonds. The highest BCUT2D eigenvalue weighted by molar-refractivity contribution is 4.49. The van der Waals surface area contributed by atoms with Gasteiger partial charge in [0.15, 0.2) is 0 Å². The quantitative estimate of drug-likeness (QED) is 0.502. The van der Waals surface area contributed by atoms with Gasteiger partial charge in [0.25, 0.3) is 0 Å². The van der Waals surface area contributed by atoms with E-state index in [9.17, 15) is 0 Å².